The Labute approximate surface area is 156 Å². The first kappa shape index (κ1) is 20.2. The number of ether oxygens (including phenoxy) is 2. The minimum absolute atomic E-state index is 0.0228. The number of benzene rings is 1. The predicted molar refractivity (Wildman–Crippen MR) is 98.2 cm³/mol. The van der Waals surface area contributed by atoms with Gasteiger partial charge in [-0.1, -0.05) is 0 Å². The van der Waals surface area contributed by atoms with E-state index < -0.39 is 11.9 Å². The first-order chi connectivity index (χ1) is 12.9. The minimum atomic E-state index is -0.645. The number of anilines is 2. The third-order valence-electron chi connectivity index (χ3n) is 3.83. The lowest BCUT2D eigenvalue weighted by Gasteiger charge is -2.17. The number of hydrogen-bond donors (Lipinski definition) is 3. The normalized spacial score (nSPS) is 13.6. The van der Waals surface area contributed by atoms with Gasteiger partial charge in [-0.15, -0.1) is 0 Å². The van der Waals surface area contributed by atoms with Gasteiger partial charge in [-0.3, -0.25) is 9.59 Å². The molecule has 1 aliphatic rings. The van der Waals surface area contributed by atoms with Crippen molar-refractivity contribution in [2.45, 2.75) is 13.8 Å². The van der Waals surface area contributed by atoms with Crippen LogP contribution in [0.4, 0.5) is 11.4 Å². The van der Waals surface area contributed by atoms with Gasteiger partial charge in [-0.2, -0.15) is 0 Å². The average molecular weight is 377 g/mol. The summed E-state index contributed by atoms with van der Waals surface area (Å²) in [5, 5.41) is 14.7. The lowest BCUT2D eigenvalue weighted by molar-refractivity contribution is -0.136. The summed E-state index contributed by atoms with van der Waals surface area (Å²) in [5.74, 6) is -0.843. The summed E-state index contributed by atoms with van der Waals surface area (Å²) >= 11 is 0. The van der Waals surface area contributed by atoms with Crippen LogP contribution in [-0.2, 0) is 19.1 Å². The van der Waals surface area contributed by atoms with E-state index in [1.54, 1.807) is 18.2 Å². The zero-order valence-corrected chi connectivity index (χ0v) is 15.5. The third kappa shape index (κ3) is 4.76. The third-order valence-corrected chi connectivity index (χ3v) is 3.83. The van der Waals surface area contributed by atoms with Crippen LogP contribution in [0, 0.1) is 0 Å². The van der Waals surface area contributed by atoms with Crippen molar-refractivity contribution < 1.29 is 29.0 Å². The molecule has 0 saturated carbocycles. The lowest BCUT2D eigenvalue weighted by Crippen LogP contribution is -2.31. The molecule has 0 radical (unpaired) electrons. The van der Waals surface area contributed by atoms with E-state index in [1.807, 2.05) is 6.92 Å². The molecule has 0 bridgehead atoms. The van der Waals surface area contributed by atoms with E-state index in [2.05, 4.69) is 10.6 Å². The molecule has 0 fully saturated rings. The Bertz CT molecular complexity index is 774. The first-order valence-electron chi connectivity index (χ1n) is 8.44. The van der Waals surface area contributed by atoms with Crippen LogP contribution >= 0.6 is 0 Å². The Morgan fingerprint density at radius 2 is 2.04 bits per heavy atom. The Balaban J connectivity index is 2.43. The fourth-order valence-corrected chi connectivity index (χ4v) is 2.67. The van der Waals surface area contributed by atoms with Crippen LogP contribution < -0.4 is 15.4 Å². The highest BCUT2D eigenvalue weighted by Gasteiger charge is 2.34. The molecule has 27 heavy (non-hydrogen) atoms. The highest BCUT2D eigenvalue weighted by Crippen LogP contribution is 2.31. The molecule has 0 atom stereocenters. The number of amides is 2. The van der Waals surface area contributed by atoms with Crippen LogP contribution in [0.1, 0.15) is 13.8 Å². The number of hydrogen-bond acceptors (Lipinski definition) is 7. The average Bonchev–Trinajstić information content (AvgIpc) is 2.93. The molecular weight excluding hydrogens is 354 g/mol. The molecule has 0 unspecified atom stereocenters. The molecule has 3 N–H and O–H groups in total. The van der Waals surface area contributed by atoms with Gasteiger partial charge >= 0.3 is 5.97 Å². The Hall–Kier alpha value is -3.07. The maximum absolute atomic E-state index is 12.6. The molecule has 9 nitrogen and oxygen atoms in total. The zero-order chi connectivity index (χ0) is 20.0. The van der Waals surface area contributed by atoms with Crippen molar-refractivity contribution in [3.05, 3.63) is 29.5 Å². The molecule has 0 spiro atoms. The molecule has 1 aromatic rings. The van der Waals surface area contributed by atoms with Crippen molar-refractivity contribution >= 4 is 29.2 Å². The van der Waals surface area contributed by atoms with Gasteiger partial charge in [0.25, 0.3) is 5.91 Å². The van der Waals surface area contributed by atoms with E-state index >= 15 is 0 Å². The number of esters is 1. The van der Waals surface area contributed by atoms with E-state index in [0.717, 1.165) is 0 Å². The van der Waals surface area contributed by atoms with Gasteiger partial charge in [0.15, 0.2) is 0 Å². The van der Waals surface area contributed by atoms with Gasteiger partial charge in [0, 0.05) is 19.5 Å². The second-order valence-electron chi connectivity index (χ2n) is 5.74. The standard InChI is InChI=1S/C18H23N3O6/c1-4-27-12-5-6-14(19-11(2)23)15(9-12)20-16-13(18(25)26-3)10-21(7-8-22)17(16)24/h5-6,9,20,22H,4,7-8,10H2,1-3H3,(H,19,23). The van der Waals surface area contributed by atoms with Crippen molar-refractivity contribution in [2.75, 3.05) is 44.0 Å². The van der Waals surface area contributed by atoms with Crippen LogP contribution in [-0.4, -0.2) is 61.2 Å². The first-order valence-corrected chi connectivity index (χ1v) is 8.44. The number of aliphatic hydroxyl groups excluding tert-OH is 1. The highest BCUT2D eigenvalue weighted by atomic mass is 16.5. The predicted octanol–water partition coefficient (Wildman–Crippen LogP) is 0.717. The molecule has 146 valence electrons. The van der Waals surface area contributed by atoms with E-state index in [9.17, 15) is 14.4 Å². The smallest absolute Gasteiger partial charge is 0.337 e. The Morgan fingerprint density at radius 1 is 1.30 bits per heavy atom. The summed E-state index contributed by atoms with van der Waals surface area (Å²) in [6.07, 6.45) is 0. The second kappa shape index (κ2) is 9.04. The van der Waals surface area contributed by atoms with Gasteiger partial charge in [0.05, 0.1) is 43.8 Å². The van der Waals surface area contributed by atoms with Crippen LogP contribution in [0.2, 0.25) is 0 Å². The van der Waals surface area contributed by atoms with Crippen molar-refractivity contribution in [3.8, 4) is 5.75 Å². The van der Waals surface area contributed by atoms with Crippen molar-refractivity contribution in [2.24, 2.45) is 0 Å². The van der Waals surface area contributed by atoms with Gasteiger partial charge in [-0.25, -0.2) is 4.79 Å². The van der Waals surface area contributed by atoms with Gasteiger partial charge in [0.1, 0.15) is 11.4 Å². The molecule has 1 aliphatic heterocycles. The van der Waals surface area contributed by atoms with Crippen LogP contribution in [0.3, 0.4) is 0 Å². The number of nitrogens with one attached hydrogen (secondary N) is 2. The SMILES string of the molecule is CCOc1ccc(NC(C)=O)c(NC2=C(C(=O)OC)CN(CCO)C2=O)c1. The van der Waals surface area contributed by atoms with Gasteiger partial charge in [-0.05, 0) is 19.1 Å². The summed E-state index contributed by atoms with van der Waals surface area (Å²) in [4.78, 5) is 37.5. The Morgan fingerprint density at radius 3 is 2.63 bits per heavy atom. The fourth-order valence-electron chi connectivity index (χ4n) is 2.67. The minimum Gasteiger partial charge on any atom is -0.494 e. The van der Waals surface area contributed by atoms with Crippen molar-refractivity contribution in [3.63, 3.8) is 0 Å². The monoisotopic (exact) mass is 377 g/mol. The molecule has 2 rings (SSSR count). The summed E-state index contributed by atoms with van der Waals surface area (Å²) in [5.41, 5.74) is 1.00. The second-order valence-corrected chi connectivity index (χ2v) is 5.74. The van der Waals surface area contributed by atoms with Crippen LogP contribution in [0.15, 0.2) is 29.5 Å². The summed E-state index contributed by atoms with van der Waals surface area (Å²) in [6.45, 7) is 3.52. The maximum Gasteiger partial charge on any atom is 0.337 e. The number of carbonyl (C=O) groups is 3. The molecule has 1 aromatic carbocycles. The molecule has 1 heterocycles. The molecule has 0 aliphatic carbocycles. The van der Waals surface area contributed by atoms with E-state index in [-0.39, 0.29) is 36.9 Å². The molecule has 9 heteroatoms. The van der Waals surface area contributed by atoms with Crippen molar-refractivity contribution in [1.29, 1.82) is 0 Å². The zero-order valence-electron chi connectivity index (χ0n) is 15.5. The van der Waals surface area contributed by atoms with Crippen LogP contribution in [0.25, 0.3) is 0 Å². The van der Waals surface area contributed by atoms with E-state index in [4.69, 9.17) is 14.6 Å². The van der Waals surface area contributed by atoms with Crippen molar-refractivity contribution in [1.82, 2.24) is 4.90 Å². The summed E-state index contributed by atoms with van der Waals surface area (Å²) in [6, 6.07) is 4.95. The quantitative estimate of drug-likeness (QED) is 0.571. The van der Waals surface area contributed by atoms with E-state index in [1.165, 1.54) is 18.9 Å². The largest absolute Gasteiger partial charge is 0.494 e. The number of aliphatic hydroxyl groups is 1. The molecule has 2 amide bonds. The van der Waals surface area contributed by atoms with E-state index in [0.29, 0.717) is 23.7 Å². The fraction of sp³-hybridized carbons (Fsp3) is 0.389. The topological polar surface area (TPSA) is 117 Å². The number of rotatable bonds is 8. The lowest BCUT2D eigenvalue weighted by atomic mass is 10.2. The number of nitrogens with zero attached hydrogens (tertiary/aromatic N) is 1. The molecular formula is C18H23N3O6. The number of methoxy groups -OCH3 is 1. The molecule has 0 aromatic heterocycles. The number of carbonyl (C=O) groups excluding carboxylic acids is 3. The summed E-state index contributed by atoms with van der Waals surface area (Å²) < 4.78 is 10.2. The highest BCUT2D eigenvalue weighted by molar-refractivity contribution is 6.09. The maximum atomic E-state index is 12.6. The summed E-state index contributed by atoms with van der Waals surface area (Å²) in [7, 11) is 1.23. The van der Waals surface area contributed by atoms with Crippen LogP contribution in [0.5, 0.6) is 5.75 Å². The van der Waals surface area contributed by atoms with Gasteiger partial charge in [0.2, 0.25) is 5.91 Å². The number of β-amino-alcohol motifs (C(OH)–C–C–N with tert-alkyl or cyclic N) is 1. The Kier molecular flexibility index (Phi) is 6.78. The molecule has 0 saturated heterocycles. The van der Waals surface area contributed by atoms with Gasteiger partial charge < -0.3 is 30.1 Å².